The van der Waals surface area contributed by atoms with E-state index in [9.17, 15) is 5.11 Å². The normalized spacial score (nSPS) is 23.3. The minimum absolute atomic E-state index is 0.359. The van der Waals surface area contributed by atoms with Gasteiger partial charge in [0.1, 0.15) is 0 Å². The van der Waals surface area contributed by atoms with Crippen LogP contribution >= 0.6 is 0 Å². The largest absolute Gasteiger partial charge is 0.390 e. The number of benzene rings is 1. The summed E-state index contributed by atoms with van der Waals surface area (Å²) in [5.74, 6) is 2.00. The van der Waals surface area contributed by atoms with E-state index in [1.54, 1.807) is 0 Å². The molecule has 1 saturated carbocycles. The molecule has 26 heavy (non-hydrogen) atoms. The first kappa shape index (κ1) is 17.6. The molecule has 1 aliphatic carbocycles. The summed E-state index contributed by atoms with van der Waals surface area (Å²) in [6.45, 7) is 4.70. The second-order valence-electron chi connectivity index (χ2n) is 7.64. The van der Waals surface area contributed by atoms with Gasteiger partial charge in [-0.2, -0.15) is 4.98 Å². The van der Waals surface area contributed by atoms with Crippen molar-refractivity contribution in [3.05, 3.63) is 47.6 Å². The Kier molecular flexibility index (Phi) is 5.62. The first-order chi connectivity index (χ1) is 12.8. The maximum atomic E-state index is 10.4. The number of aliphatic hydroxyl groups excluding tert-OH is 1. The molecule has 1 aromatic carbocycles. The number of hydrogen-bond acceptors (Lipinski definition) is 6. The molecular weight excluding hydrogens is 328 g/mol. The molecule has 2 heterocycles. The lowest BCUT2D eigenvalue weighted by Gasteiger charge is -2.21. The van der Waals surface area contributed by atoms with Crippen LogP contribution in [-0.4, -0.2) is 57.3 Å². The molecule has 0 spiro atoms. The lowest BCUT2D eigenvalue weighted by molar-refractivity contribution is 0.105. The average molecular weight is 356 g/mol. The fourth-order valence-electron chi connectivity index (χ4n) is 4.12. The van der Waals surface area contributed by atoms with Gasteiger partial charge in [0.05, 0.1) is 12.6 Å². The van der Waals surface area contributed by atoms with E-state index in [2.05, 4.69) is 44.2 Å². The van der Waals surface area contributed by atoms with Crippen LogP contribution in [0.25, 0.3) is 0 Å². The summed E-state index contributed by atoms with van der Waals surface area (Å²) in [4.78, 5) is 9.17. The summed E-state index contributed by atoms with van der Waals surface area (Å²) in [7, 11) is 0. The summed E-state index contributed by atoms with van der Waals surface area (Å²) in [6, 6.07) is 10.4. The van der Waals surface area contributed by atoms with Crippen LogP contribution in [0.15, 0.2) is 34.9 Å². The molecule has 1 saturated heterocycles. The number of rotatable bonds is 5. The molecule has 1 N–H and O–H groups in total. The fourth-order valence-corrected chi connectivity index (χ4v) is 4.12. The lowest BCUT2D eigenvalue weighted by Crippen LogP contribution is -2.33. The predicted molar refractivity (Wildman–Crippen MR) is 98.5 cm³/mol. The highest BCUT2D eigenvalue weighted by Gasteiger charge is 2.25. The summed E-state index contributed by atoms with van der Waals surface area (Å²) in [5, 5.41) is 14.6. The van der Waals surface area contributed by atoms with Crippen molar-refractivity contribution in [1.29, 1.82) is 0 Å². The SMILES string of the molecule is OC1CN(Cc2ccccc2)CCN(Cc2noc(C3CCCC3)n2)C1. The summed E-state index contributed by atoms with van der Waals surface area (Å²) >= 11 is 0. The first-order valence-electron chi connectivity index (χ1n) is 9.75. The van der Waals surface area contributed by atoms with Crippen LogP contribution in [0.1, 0.15) is 48.9 Å². The van der Waals surface area contributed by atoms with Crippen LogP contribution < -0.4 is 0 Å². The molecule has 6 heteroatoms. The Morgan fingerprint density at radius 2 is 1.69 bits per heavy atom. The Balaban J connectivity index is 1.33. The van der Waals surface area contributed by atoms with Crippen molar-refractivity contribution in [1.82, 2.24) is 19.9 Å². The van der Waals surface area contributed by atoms with E-state index in [4.69, 9.17) is 4.52 Å². The van der Waals surface area contributed by atoms with Crippen molar-refractivity contribution in [3.63, 3.8) is 0 Å². The van der Waals surface area contributed by atoms with Gasteiger partial charge in [0.25, 0.3) is 0 Å². The van der Waals surface area contributed by atoms with Crippen LogP contribution in [0.3, 0.4) is 0 Å². The highest BCUT2D eigenvalue weighted by molar-refractivity contribution is 5.14. The topological polar surface area (TPSA) is 65.6 Å². The molecule has 140 valence electrons. The third-order valence-electron chi connectivity index (χ3n) is 5.47. The van der Waals surface area contributed by atoms with Gasteiger partial charge in [-0.05, 0) is 18.4 Å². The molecule has 0 radical (unpaired) electrons. The fraction of sp³-hybridized carbons (Fsp3) is 0.600. The maximum Gasteiger partial charge on any atom is 0.229 e. The van der Waals surface area contributed by atoms with Crippen molar-refractivity contribution >= 4 is 0 Å². The van der Waals surface area contributed by atoms with Crippen molar-refractivity contribution < 1.29 is 9.63 Å². The summed E-state index contributed by atoms with van der Waals surface area (Å²) < 4.78 is 5.49. The summed E-state index contributed by atoms with van der Waals surface area (Å²) in [6.07, 6.45) is 4.50. The van der Waals surface area contributed by atoms with E-state index in [0.717, 1.165) is 31.3 Å². The molecule has 1 atom stereocenters. The van der Waals surface area contributed by atoms with Gasteiger partial charge in [0.2, 0.25) is 5.89 Å². The van der Waals surface area contributed by atoms with E-state index in [0.29, 0.717) is 25.6 Å². The Labute approximate surface area is 154 Å². The highest BCUT2D eigenvalue weighted by atomic mass is 16.5. The average Bonchev–Trinajstić information content (AvgIpc) is 3.28. The first-order valence-corrected chi connectivity index (χ1v) is 9.75. The third-order valence-corrected chi connectivity index (χ3v) is 5.47. The van der Waals surface area contributed by atoms with Crippen LogP contribution in [-0.2, 0) is 13.1 Å². The molecule has 1 aromatic heterocycles. The van der Waals surface area contributed by atoms with Crippen LogP contribution in [0.4, 0.5) is 0 Å². The molecule has 0 bridgehead atoms. The Hall–Kier alpha value is -1.76. The predicted octanol–water partition coefficient (Wildman–Crippen LogP) is 2.41. The van der Waals surface area contributed by atoms with Gasteiger partial charge in [-0.25, -0.2) is 0 Å². The van der Waals surface area contributed by atoms with E-state index in [-0.39, 0.29) is 6.10 Å². The zero-order chi connectivity index (χ0) is 17.8. The van der Waals surface area contributed by atoms with E-state index >= 15 is 0 Å². The number of aromatic nitrogens is 2. The van der Waals surface area contributed by atoms with E-state index in [1.807, 2.05) is 6.07 Å². The molecule has 4 rings (SSSR count). The van der Waals surface area contributed by atoms with E-state index in [1.165, 1.54) is 31.2 Å². The Morgan fingerprint density at radius 1 is 1.00 bits per heavy atom. The summed E-state index contributed by atoms with van der Waals surface area (Å²) in [5.41, 5.74) is 1.28. The minimum Gasteiger partial charge on any atom is -0.390 e. The monoisotopic (exact) mass is 356 g/mol. The van der Waals surface area contributed by atoms with Crippen molar-refractivity contribution in [2.45, 2.75) is 50.8 Å². The molecule has 1 aliphatic heterocycles. The minimum atomic E-state index is -0.359. The molecule has 2 aliphatic rings. The van der Waals surface area contributed by atoms with Crippen molar-refractivity contribution in [3.8, 4) is 0 Å². The van der Waals surface area contributed by atoms with Gasteiger partial charge in [-0.3, -0.25) is 9.80 Å². The van der Waals surface area contributed by atoms with Gasteiger partial charge in [-0.15, -0.1) is 0 Å². The number of hydrogen-bond donors (Lipinski definition) is 1. The van der Waals surface area contributed by atoms with Crippen LogP contribution in [0.5, 0.6) is 0 Å². The molecule has 2 fully saturated rings. The molecule has 0 amide bonds. The Bertz CT molecular complexity index is 684. The second-order valence-corrected chi connectivity index (χ2v) is 7.64. The quantitative estimate of drug-likeness (QED) is 0.887. The van der Waals surface area contributed by atoms with Crippen molar-refractivity contribution in [2.75, 3.05) is 26.2 Å². The lowest BCUT2D eigenvalue weighted by atomic mass is 10.1. The van der Waals surface area contributed by atoms with Gasteiger partial charge in [0.15, 0.2) is 5.82 Å². The smallest absolute Gasteiger partial charge is 0.229 e. The van der Waals surface area contributed by atoms with Gasteiger partial charge in [0, 0.05) is 38.6 Å². The zero-order valence-corrected chi connectivity index (χ0v) is 15.3. The van der Waals surface area contributed by atoms with Gasteiger partial charge < -0.3 is 9.63 Å². The zero-order valence-electron chi connectivity index (χ0n) is 15.3. The van der Waals surface area contributed by atoms with Crippen LogP contribution in [0.2, 0.25) is 0 Å². The Morgan fingerprint density at radius 3 is 2.42 bits per heavy atom. The molecular formula is C20H28N4O2. The maximum absolute atomic E-state index is 10.4. The van der Waals surface area contributed by atoms with E-state index < -0.39 is 0 Å². The highest BCUT2D eigenvalue weighted by Crippen LogP contribution is 2.32. The molecule has 1 unspecified atom stereocenters. The number of β-amino-alcohol motifs (C(OH)–C–C–N with tert-alkyl or cyclic N) is 1. The third kappa shape index (κ3) is 4.50. The van der Waals surface area contributed by atoms with Gasteiger partial charge >= 0.3 is 0 Å². The second kappa shape index (κ2) is 8.29. The van der Waals surface area contributed by atoms with Crippen LogP contribution in [0, 0.1) is 0 Å². The molecule has 2 aromatic rings. The van der Waals surface area contributed by atoms with Gasteiger partial charge in [-0.1, -0.05) is 48.3 Å². The number of aliphatic hydroxyl groups is 1. The number of nitrogens with zero attached hydrogens (tertiary/aromatic N) is 4. The van der Waals surface area contributed by atoms with Crippen molar-refractivity contribution in [2.24, 2.45) is 0 Å². The molecule has 6 nitrogen and oxygen atoms in total. The standard InChI is InChI=1S/C20H28N4O2/c25-18-13-23(12-16-6-2-1-3-7-16)10-11-24(14-18)15-19-21-20(26-22-19)17-8-4-5-9-17/h1-3,6-7,17-18,25H,4-5,8-15H2.